The van der Waals surface area contributed by atoms with E-state index in [0.29, 0.717) is 0 Å². The Morgan fingerprint density at radius 2 is 1.96 bits per heavy atom. The van der Waals surface area contributed by atoms with Gasteiger partial charge >= 0.3 is 19.1 Å². The van der Waals surface area contributed by atoms with Gasteiger partial charge in [-0.3, -0.25) is 9.59 Å². The van der Waals surface area contributed by atoms with Crippen molar-refractivity contribution >= 4 is 29.3 Å². The molecule has 0 amide bonds. The molecule has 14 heteroatoms. The first-order valence-corrected chi connectivity index (χ1v) is 9.30. The smallest absolute Gasteiger partial charge is 0.451 e. The predicted octanol–water partition coefficient (Wildman–Crippen LogP) is -3.46. The number of hydrogen-bond acceptors (Lipinski definition) is 8. The highest BCUT2D eigenvalue weighted by Gasteiger charge is 2.53. The van der Waals surface area contributed by atoms with Crippen molar-refractivity contribution in [1.29, 1.82) is 0 Å². The number of carboxylic acid groups (broad SMARTS) is 2. The fourth-order valence-corrected chi connectivity index (χ4v) is 4.34. The SMILES string of the molecule is CN(CC(N)C(=O)O)S(=O)(=O)N1C[C@H](CCCB(O)O)[C@](N)(C(=O)O)C1. The highest BCUT2D eigenvalue weighted by atomic mass is 32.2. The van der Waals surface area contributed by atoms with Crippen molar-refractivity contribution in [3.8, 4) is 0 Å². The Morgan fingerprint density at radius 3 is 2.42 bits per heavy atom. The van der Waals surface area contributed by atoms with Crippen molar-refractivity contribution in [3.05, 3.63) is 0 Å². The molecular formula is C12H25BN4O8S. The van der Waals surface area contributed by atoms with Gasteiger partial charge in [-0.1, -0.05) is 6.42 Å². The van der Waals surface area contributed by atoms with E-state index in [4.69, 9.17) is 26.6 Å². The molecule has 0 aromatic heterocycles. The molecule has 3 atom stereocenters. The number of carbonyl (C=O) groups is 2. The van der Waals surface area contributed by atoms with Crippen molar-refractivity contribution in [2.45, 2.75) is 30.7 Å². The molecule has 1 rings (SSSR count). The topological polar surface area (TPSA) is 208 Å². The predicted molar refractivity (Wildman–Crippen MR) is 91.0 cm³/mol. The Hall–Kier alpha value is -1.29. The second-order valence-electron chi connectivity index (χ2n) is 6.48. The summed E-state index contributed by atoms with van der Waals surface area (Å²) in [6.07, 6.45) is 0.444. The van der Waals surface area contributed by atoms with Crippen molar-refractivity contribution in [2.24, 2.45) is 17.4 Å². The average molecular weight is 396 g/mol. The minimum atomic E-state index is -4.16. The van der Waals surface area contributed by atoms with Crippen molar-refractivity contribution < 1.29 is 38.3 Å². The third kappa shape index (κ3) is 5.13. The summed E-state index contributed by atoms with van der Waals surface area (Å²) in [4.78, 5) is 22.4. The lowest BCUT2D eigenvalue weighted by atomic mass is 9.78. The van der Waals surface area contributed by atoms with Crippen LogP contribution < -0.4 is 11.5 Å². The molecule has 1 unspecified atom stereocenters. The van der Waals surface area contributed by atoms with E-state index >= 15 is 0 Å². The van der Waals surface area contributed by atoms with E-state index in [1.165, 1.54) is 0 Å². The lowest BCUT2D eigenvalue weighted by Gasteiger charge is -2.26. The first-order valence-electron chi connectivity index (χ1n) is 7.90. The van der Waals surface area contributed by atoms with Gasteiger partial charge in [0.25, 0.3) is 10.2 Å². The van der Waals surface area contributed by atoms with Crippen molar-refractivity contribution in [3.63, 3.8) is 0 Å². The van der Waals surface area contributed by atoms with Gasteiger partial charge in [-0.15, -0.1) is 0 Å². The van der Waals surface area contributed by atoms with Gasteiger partial charge in [-0.2, -0.15) is 17.0 Å². The van der Waals surface area contributed by atoms with E-state index in [-0.39, 0.29) is 25.7 Å². The zero-order valence-electron chi connectivity index (χ0n) is 14.4. The highest BCUT2D eigenvalue weighted by Crippen LogP contribution is 2.32. The lowest BCUT2D eigenvalue weighted by molar-refractivity contribution is -0.144. The summed E-state index contributed by atoms with van der Waals surface area (Å²) >= 11 is 0. The van der Waals surface area contributed by atoms with Crippen LogP contribution in [-0.2, 0) is 19.8 Å². The minimum absolute atomic E-state index is 0.00627. The molecule has 1 aliphatic heterocycles. The monoisotopic (exact) mass is 396 g/mol. The van der Waals surface area contributed by atoms with Gasteiger partial charge in [-0.25, -0.2) is 0 Å². The molecule has 0 radical (unpaired) electrons. The number of nitrogens with zero attached hydrogens (tertiary/aromatic N) is 2. The summed E-state index contributed by atoms with van der Waals surface area (Å²) < 4.78 is 26.8. The van der Waals surface area contributed by atoms with Gasteiger partial charge in [0.05, 0.1) is 0 Å². The maximum Gasteiger partial charge on any atom is 0.451 e. The van der Waals surface area contributed by atoms with Crippen LogP contribution in [0, 0.1) is 5.92 Å². The Bertz CT molecular complexity index is 633. The second kappa shape index (κ2) is 8.60. The molecule has 0 aliphatic carbocycles. The number of aliphatic carboxylic acids is 2. The summed E-state index contributed by atoms with van der Waals surface area (Å²) in [7, 11) is -4.56. The maximum atomic E-state index is 12.6. The van der Waals surface area contributed by atoms with Gasteiger partial charge in [0.1, 0.15) is 11.6 Å². The summed E-state index contributed by atoms with van der Waals surface area (Å²) in [5.74, 6) is -3.47. The Balaban J connectivity index is 2.93. The van der Waals surface area contributed by atoms with E-state index < -0.39 is 59.9 Å². The van der Waals surface area contributed by atoms with E-state index in [1.807, 2.05) is 0 Å². The van der Waals surface area contributed by atoms with Crippen LogP contribution in [-0.4, -0.2) is 94.6 Å². The average Bonchev–Trinajstić information content (AvgIpc) is 2.86. The molecule has 1 saturated heterocycles. The summed E-state index contributed by atoms with van der Waals surface area (Å²) in [6, 6.07) is -1.43. The van der Waals surface area contributed by atoms with Crippen LogP contribution in [0.4, 0.5) is 0 Å². The molecule has 0 bridgehead atoms. The van der Waals surface area contributed by atoms with E-state index in [0.717, 1.165) is 15.7 Å². The van der Waals surface area contributed by atoms with Crippen LogP contribution >= 0.6 is 0 Å². The van der Waals surface area contributed by atoms with Crippen LogP contribution in [0.15, 0.2) is 0 Å². The van der Waals surface area contributed by atoms with Crippen molar-refractivity contribution in [2.75, 3.05) is 26.7 Å². The Labute approximate surface area is 151 Å². The van der Waals surface area contributed by atoms with Crippen LogP contribution in [0.5, 0.6) is 0 Å². The number of hydrogen-bond donors (Lipinski definition) is 6. The Kier molecular flexibility index (Phi) is 7.53. The molecule has 1 fully saturated rings. The number of carboxylic acids is 2. The maximum absolute atomic E-state index is 12.6. The van der Waals surface area contributed by atoms with Crippen LogP contribution in [0.3, 0.4) is 0 Å². The zero-order valence-corrected chi connectivity index (χ0v) is 15.2. The van der Waals surface area contributed by atoms with E-state index in [2.05, 4.69) is 0 Å². The van der Waals surface area contributed by atoms with Crippen LogP contribution in [0.1, 0.15) is 12.8 Å². The molecule has 0 aromatic rings. The fourth-order valence-electron chi connectivity index (χ4n) is 2.85. The molecule has 1 aliphatic rings. The highest BCUT2D eigenvalue weighted by molar-refractivity contribution is 7.86. The number of rotatable bonds is 10. The first kappa shape index (κ1) is 22.8. The summed E-state index contributed by atoms with van der Waals surface area (Å²) in [5.41, 5.74) is 9.45. The van der Waals surface area contributed by atoms with Gasteiger partial charge < -0.3 is 31.7 Å². The number of likely N-dealkylation sites (N-methyl/N-ethyl adjacent to an activating group) is 1. The molecule has 150 valence electrons. The van der Waals surface area contributed by atoms with E-state index in [1.54, 1.807) is 0 Å². The zero-order chi connectivity index (χ0) is 20.3. The third-order valence-corrected chi connectivity index (χ3v) is 6.36. The quantitative estimate of drug-likeness (QED) is 0.201. The van der Waals surface area contributed by atoms with Crippen LogP contribution in [0.2, 0.25) is 6.32 Å². The standard InChI is InChI=1S/C12H25BN4O8S/c1-16(6-9(14)10(18)19)26(24,25)17-5-8(3-2-4-13(22)23)12(15,7-17)11(20)21/h8-9,22-23H,2-7,14-15H2,1H3,(H,18,19)(H,20,21)/t8-,9?,12-/m0/s1. The van der Waals surface area contributed by atoms with E-state index in [9.17, 15) is 23.1 Å². The van der Waals surface area contributed by atoms with Crippen molar-refractivity contribution in [1.82, 2.24) is 8.61 Å². The molecule has 0 aromatic carbocycles. The molecule has 26 heavy (non-hydrogen) atoms. The molecule has 1 heterocycles. The molecule has 0 spiro atoms. The largest absolute Gasteiger partial charge is 0.480 e. The molecule has 8 N–H and O–H groups in total. The van der Waals surface area contributed by atoms with Gasteiger partial charge in [0.2, 0.25) is 0 Å². The van der Waals surface area contributed by atoms with Crippen LogP contribution in [0.25, 0.3) is 0 Å². The summed E-state index contributed by atoms with van der Waals surface area (Å²) in [5, 5.41) is 36.0. The number of nitrogens with two attached hydrogens (primary N) is 2. The summed E-state index contributed by atoms with van der Waals surface area (Å²) in [6.45, 7) is -1.15. The first-order chi connectivity index (χ1) is 11.8. The van der Waals surface area contributed by atoms with Gasteiger partial charge in [-0.05, 0) is 12.7 Å². The normalized spacial score (nSPS) is 25.4. The van der Waals surface area contributed by atoms with Gasteiger partial charge in [0.15, 0.2) is 0 Å². The molecule has 12 nitrogen and oxygen atoms in total. The lowest BCUT2D eigenvalue weighted by Crippen LogP contribution is -2.55. The molecular weight excluding hydrogens is 371 g/mol. The van der Waals surface area contributed by atoms with Gasteiger partial charge in [0, 0.05) is 32.6 Å². The molecule has 0 saturated carbocycles. The third-order valence-electron chi connectivity index (χ3n) is 4.49. The minimum Gasteiger partial charge on any atom is -0.480 e. The Morgan fingerprint density at radius 1 is 1.38 bits per heavy atom. The second-order valence-corrected chi connectivity index (χ2v) is 8.51. The fraction of sp³-hybridized carbons (Fsp3) is 0.833.